The van der Waals surface area contributed by atoms with Crippen LogP contribution < -0.4 is 0 Å². The summed E-state index contributed by atoms with van der Waals surface area (Å²) in [6, 6.07) is 0. The third-order valence-electron chi connectivity index (χ3n) is 1.54. The molecular formula is C6H4Cl2O2. The highest BCUT2D eigenvalue weighted by molar-refractivity contribution is 6.34. The molecule has 1 aliphatic heterocycles. The van der Waals surface area contributed by atoms with Gasteiger partial charge in [0.25, 0.3) is 0 Å². The van der Waals surface area contributed by atoms with E-state index in [1.165, 1.54) is 12.2 Å². The van der Waals surface area contributed by atoms with E-state index >= 15 is 0 Å². The van der Waals surface area contributed by atoms with Gasteiger partial charge in [0, 0.05) is 5.03 Å². The van der Waals surface area contributed by atoms with Crippen LogP contribution >= 0.6 is 23.2 Å². The van der Waals surface area contributed by atoms with E-state index < -0.39 is 10.8 Å². The van der Waals surface area contributed by atoms with E-state index in [4.69, 9.17) is 27.9 Å². The van der Waals surface area contributed by atoms with Gasteiger partial charge in [-0.1, -0.05) is 23.2 Å². The van der Waals surface area contributed by atoms with Crippen molar-refractivity contribution in [2.24, 2.45) is 0 Å². The molecule has 0 bridgehead atoms. The molecule has 1 aliphatic carbocycles. The first kappa shape index (κ1) is 6.68. The van der Waals surface area contributed by atoms with Crippen LogP contribution in [0.15, 0.2) is 23.3 Å². The topological polar surface area (TPSA) is 32.8 Å². The predicted octanol–water partition coefficient (Wildman–Crippen LogP) is 1.33. The van der Waals surface area contributed by atoms with Crippen molar-refractivity contribution in [3.63, 3.8) is 0 Å². The molecule has 0 amide bonds. The number of halogens is 2. The van der Waals surface area contributed by atoms with Gasteiger partial charge in [-0.25, -0.2) is 0 Å². The lowest BCUT2D eigenvalue weighted by atomic mass is 10.1. The van der Waals surface area contributed by atoms with Crippen molar-refractivity contribution in [1.29, 1.82) is 0 Å². The van der Waals surface area contributed by atoms with E-state index in [0.29, 0.717) is 5.03 Å². The fourth-order valence-electron chi connectivity index (χ4n) is 0.899. The maximum absolute atomic E-state index is 9.28. The molecule has 0 aromatic carbocycles. The molecule has 1 heterocycles. The summed E-state index contributed by atoms with van der Waals surface area (Å²) in [5.74, 6) is -1.31. The number of fused-ring (bicyclic) bond motifs is 1. The molecule has 2 aliphatic rings. The van der Waals surface area contributed by atoms with Crippen molar-refractivity contribution in [3.05, 3.63) is 23.3 Å². The Labute approximate surface area is 67.7 Å². The van der Waals surface area contributed by atoms with Crippen molar-refractivity contribution in [3.8, 4) is 0 Å². The van der Waals surface area contributed by atoms with E-state index in [2.05, 4.69) is 0 Å². The molecule has 2 nitrogen and oxygen atoms in total. The largest absolute Gasteiger partial charge is 0.359 e. The smallest absolute Gasteiger partial charge is 0.236 e. The first-order chi connectivity index (χ1) is 4.56. The number of epoxide rings is 1. The lowest BCUT2D eigenvalue weighted by molar-refractivity contribution is 0.0825. The number of hydrogen-bond acceptors (Lipinski definition) is 2. The maximum atomic E-state index is 9.28. The molecule has 1 N–H and O–H groups in total. The number of rotatable bonds is 0. The molecule has 2 unspecified atom stereocenters. The lowest BCUT2D eigenvalue weighted by Gasteiger charge is -2.04. The molecule has 0 aromatic rings. The Morgan fingerprint density at radius 1 is 1.60 bits per heavy atom. The van der Waals surface area contributed by atoms with Crippen LogP contribution in [0.4, 0.5) is 0 Å². The molecule has 4 heteroatoms. The van der Waals surface area contributed by atoms with Gasteiger partial charge in [0.1, 0.15) is 0 Å². The van der Waals surface area contributed by atoms with Crippen LogP contribution in [0, 0.1) is 0 Å². The summed E-state index contributed by atoms with van der Waals surface area (Å²) in [7, 11) is 0. The van der Waals surface area contributed by atoms with Gasteiger partial charge < -0.3 is 9.84 Å². The number of hydrogen-bond donors (Lipinski definition) is 1. The van der Waals surface area contributed by atoms with Gasteiger partial charge in [0.2, 0.25) is 10.8 Å². The van der Waals surface area contributed by atoms with E-state index in [9.17, 15) is 5.11 Å². The Bertz CT molecular complexity index is 248. The number of allylic oxidation sites excluding steroid dienone is 2. The van der Waals surface area contributed by atoms with Gasteiger partial charge in [-0.3, -0.25) is 0 Å². The minimum absolute atomic E-state index is 0.483. The minimum Gasteiger partial charge on any atom is -0.359 e. The summed E-state index contributed by atoms with van der Waals surface area (Å²) >= 11 is 11.3. The van der Waals surface area contributed by atoms with Crippen molar-refractivity contribution in [1.82, 2.24) is 0 Å². The van der Waals surface area contributed by atoms with Crippen LogP contribution in [0.5, 0.6) is 0 Å². The van der Waals surface area contributed by atoms with Crippen molar-refractivity contribution in [2.75, 3.05) is 0 Å². The summed E-state index contributed by atoms with van der Waals surface area (Å²) < 4.78 is 4.80. The summed E-state index contributed by atoms with van der Waals surface area (Å²) in [5.41, 5.74) is 0. The number of aliphatic hydroxyl groups is 1. The summed E-state index contributed by atoms with van der Waals surface area (Å²) in [6.45, 7) is 0. The van der Waals surface area contributed by atoms with Crippen LogP contribution in [0.25, 0.3) is 0 Å². The van der Waals surface area contributed by atoms with E-state index in [0.717, 1.165) is 0 Å². The highest BCUT2D eigenvalue weighted by Gasteiger charge is 2.68. The normalized spacial score (nSPS) is 50.1. The van der Waals surface area contributed by atoms with Gasteiger partial charge in [-0.2, -0.15) is 0 Å². The minimum atomic E-state index is -1.31. The Morgan fingerprint density at radius 3 is 2.80 bits per heavy atom. The molecule has 1 fully saturated rings. The number of alkyl halides is 1. The van der Waals surface area contributed by atoms with Crippen LogP contribution in [0.2, 0.25) is 0 Å². The summed E-state index contributed by atoms with van der Waals surface area (Å²) in [6.07, 6.45) is 4.45. The second kappa shape index (κ2) is 1.59. The molecule has 2 atom stereocenters. The number of ether oxygens (including phenoxy) is 1. The maximum Gasteiger partial charge on any atom is 0.236 e. The SMILES string of the molecule is OC12C=CC(Cl)=CC1(Cl)O2. The average molecular weight is 179 g/mol. The van der Waals surface area contributed by atoms with E-state index in [1.807, 2.05) is 0 Å². The fraction of sp³-hybridized carbons (Fsp3) is 0.333. The Hall–Kier alpha value is -0.0200. The van der Waals surface area contributed by atoms with Gasteiger partial charge in [0.15, 0.2) is 0 Å². The fourth-order valence-corrected chi connectivity index (χ4v) is 1.47. The molecule has 0 spiro atoms. The van der Waals surface area contributed by atoms with E-state index in [1.54, 1.807) is 6.08 Å². The summed E-state index contributed by atoms with van der Waals surface area (Å²) in [4.78, 5) is 0. The lowest BCUT2D eigenvalue weighted by Crippen LogP contribution is -2.18. The van der Waals surface area contributed by atoms with Crippen LogP contribution in [-0.2, 0) is 4.74 Å². The molecule has 1 saturated heterocycles. The van der Waals surface area contributed by atoms with Crippen molar-refractivity contribution >= 4 is 23.2 Å². The zero-order valence-corrected chi connectivity index (χ0v) is 6.36. The van der Waals surface area contributed by atoms with Crippen LogP contribution in [-0.4, -0.2) is 16.0 Å². The van der Waals surface area contributed by atoms with Gasteiger partial charge >= 0.3 is 0 Å². The van der Waals surface area contributed by atoms with Crippen molar-refractivity contribution in [2.45, 2.75) is 10.8 Å². The Kier molecular flexibility index (Phi) is 1.06. The standard InChI is InChI=1S/C6H4Cl2O2/c7-4-1-2-6(9)5(8,3-4)10-6/h1-3,9H. The molecule has 54 valence electrons. The first-order valence-electron chi connectivity index (χ1n) is 2.75. The molecule has 0 radical (unpaired) electrons. The van der Waals surface area contributed by atoms with E-state index in [-0.39, 0.29) is 0 Å². The molecule has 10 heavy (non-hydrogen) atoms. The predicted molar refractivity (Wildman–Crippen MR) is 37.7 cm³/mol. The second-order valence-electron chi connectivity index (χ2n) is 2.31. The Morgan fingerprint density at radius 2 is 2.30 bits per heavy atom. The third-order valence-corrected chi connectivity index (χ3v) is 2.24. The highest BCUT2D eigenvalue weighted by Crippen LogP contribution is 2.54. The summed E-state index contributed by atoms with van der Waals surface area (Å²) in [5, 5.41) is 8.67. The van der Waals surface area contributed by atoms with Gasteiger partial charge in [-0.15, -0.1) is 0 Å². The zero-order chi connectivity index (χ0) is 7.41. The molecule has 2 rings (SSSR count). The molecule has 0 saturated carbocycles. The van der Waals surface area contributed by atoms with Gasteiger partial charge in [-0.05, 0) is 18.2 Å². The first-order valence-corrected chi connectivity index (χ1v) is 3.50. The molecular weight excluding hydrogens is 175 g/mol. The zero-order valence-electron chi connectivity index (χ0n) is 4.84. The van der Waals surface area contributed by atoms with Crippen LogP contribution in [0.3, 0.4) is 0 Å². The van der Waals surface area contributed by atoms with Crippen LogP contribution in [0.1, 0.15) is 0 Å². The van der Waals surface area contributed by atoms with Gasteiger partial charge in [0.05, 0.1) is 0 Å². The Balaban J connectivity index is 2.40. The monoisotopic (exact) mass is 178 g/mol. The third kappa shape index (κ3) is 0.676. The second-order valence-corrected chi connectivity index (χ2v) is 3.30. The molecule has 0 aromatic heterocycles. The average Bonchev–Trinajstić information content (AvgIpc) is 2.33. The quantitative estimate of drug-likeness (QED) is 0.449. The highest BCUT2D eigenvalue weighted by atomic mass is 35.5. The van der Waals surface area contributed by atoms with Crippen molar-refractivity contribution < 1.29 is 9.84 Å².